The molecule has 2 atom stereocenters. The molecule has 0 bridgehead atoms. The summed E-state index contributed by atoms with van der Waals surface area (Å²) in [5, 5.41) is 0. The molecular weight excluding hydrogens is 256 g/mol. The Morgan fingerprint density at radius 3 is 1.38 bits per heavy atom. The van der Waals surface area contributed by atoms with Gasteiger partial charge in [-0.05, 0) is 70.9 Å². The number of hydrogen-bond donors (Lipinski definition) is 1. The minimum absolute atomic E-state index is 0.520. The van der Waals surface area contributed by atoms with Crippen LogP contribution in [0.3, 0.4) is 0 Å². The fourth-order valence-electron chi connectivity index (χ4n) is 2.93. The Morgan fingerprint density at radius 2 is 1.14 bits per heavy atom. The summed E-state index contributed by atoms with van der Waals surface area (Å²) in [6.45, 7) is 12.7. The van der Waals surface area contributed by atoms with Gasteiger partial charge in [-0.15, -0.1) is 0 Å². The van der Waals surface area contributed by atoms with Crippen molar-refractivity contribution in [3.8, 4) is 0 Å². The van der Waals surface area contributed by atoms with Crippen LogP contribution in [-0.4, -0.2) is 31.1 Å². The molecule has 21 heavy (non-hydrogen) atoms. The maximum Gasteiger partial charge on any atom is 0.00918 e. The lowest BCUT2D eigenvalue weighted by atomic mass is 9.88. The van der Waals surface area contributed by atoms with Crippen molar-refractivity contribution < 1.29 is 0 Å². The first kappa shape index (κ1) is 23.2. The smallest absolute Gasteiger partial charge is 0.00918 e. The average molecular weight is 301 g/mol. The van der Waals surface area contributed by atoms with E-state index in [1.54, 1.807) is 0 Å². The molecule has 2 aliphatic rings. The van der Waals surface area contributed by atoms with E-state index in [1.807, 2.05) is 27.7 Å². The van der Waals surface area contributed by atoms with E-state index in [0.29, 0.717) is 6.04 Å². The molecule has 0 saturated heterocycles. The molecule has 0 amide bonds. The Morgan fingerprint density at radius 1 is 0.714 bits per heavy atom. The van der Waals surface area contributed by atoms with Crippen LogP contribution in [0.25, 0.3) is 0 Å². The van der Waals surface area contributed by atoms with Gasteiger partial charge in [0.15, 0.2) is 0 Å². The zero-order valence-electron chi connectivity index (χ0n) is 16.3. The van der Waals surface area contributed by atoms with Gasteiger partial charge >= 0.3 is 0 Å². The van der Waals surface area contributed by atoms with Crippen molar-refractivity contribution in [1.82, 2.24) is 4.90 Å². The van der Waals surface area contributed by atoms with Gasteiger partial charge in [0.1, 0.15) is 0 Å². The summed E-state index contributed by atoms with van der Waals surface area (Å²) in [6, 6.07) is 1.39. The number of nitrogens with two attached hydrogens (primary N) is 1. The first-order valence-corrected chi connectivity index (χ1v) is 9.41. The van der Waals surface area contributed by atoms with Crippen molar-refractivity contribution in [2.45, 2.75) is 98.6 Å². The van der Waals surface area contributed by atoms with Gasteiger partial charge in [-0.3, -0.25) is 0 Å². The highest BCUT2D eigenvalue weighted by Gasteiger charge is 2.22. The van der Waals surface area contributed by atoms with Crippen LogP contribution in [0.2, 0.25) is 0 Å². The van der Waals surface area contributed by atoms with Crippen LogP contribution in [-0.2, 0) is 0 Å². The first-order valence-electron chi connectivity index (χ1n) is 9.41. The van der Waals surface area contributed by atoms with Gasteiger partial charge in [0.05, 0.1) is 0 Å². The second-order valence-corrected chi connectivity index (χ2v) is 6.56. The molecule has 0 aliphatic heterocycles. The lowest BCUT2D eigenvalue weighted by Crippen LogP contribution is -2.25. The van der Waals surface area contributed by atoms with E-state index in [4.69, 9.17) is 5.73 Å². The fraction of sp³-hybridized carbons (Fsp3) is 1.00. The number of nitrogens with zero attached hydrogens (tertiary/aromatic N) is 1. The highest BCUT2D eigenvalue weighted by Crippen LogP contribution is 2.27. The predicted molar refractivity (Wildman–Crippen MR) is 98.8 cm³/mol. The highest BCUT2D eigenvalue weighted by atomic mass is 15.1. The van der Waals surface area contributed by atoms with Crippen LogP contribution < -0.4 is 5.73 Å². The molecule has 0 aromatic carbocycles. The molecule has 2 aliphatic carbocycles. The van der Waals surface area contributed by atoms with Gasteiger partial charge in [0.25, 0.3) is 0 Å². The Hall–Kier alpha value is -0.0800. The molecule has 2 rings (SSSR count). The zero-order valence-corrected chi connectivity index (χ0v) is 16.3. The summed E-state index contributed by atoms with van der Waals surface area (Å²) in [7, 11) is 4.37. The summed E-state index contributed by atoms with van der Waals surface area (Å²) in [5.74, 6) is 1.91. The fourth-order valence-corrected chi connectivity index (χ4v) is 2.93. The molecule has 2 fully saturated rings. The van der Waals surface area contributed by atoms with E-state index in [1.165, 1.54) is 44.9 Å². The molecule has 2 heteroatoms. The van der Waals surface area contributed by atoms with Crippen LogP contribution in [0.5, 0.6) is 0 Å². The standard InChI is InChI=1S/C8H17N.C7H15N.2C2H6/c1-7-4-5-8(6-7)9(2)3;1-6-2-4-7(8)5-3-6;2*1-2/h7-8H,4-6H2,1-3H3;6-7H,2-5,8H2,1H3;2*1-2H3. The van der Waals surface area contributed by atoms with E-state index in [2.05, 4.69) is 32.8 Å². The molecular formula is C19H44N2. The Balaban J connectivity index is 0. The second-order valence-electron chi connectivity index (χ2n) is 6.56. The van der Waals surface area contributed by atoms with Crippen molar-refractivity contribution >= 4 is 0 Å². The molecule has 2 saturated carbocycles. The molecule has 2 N–H and O–H groups in total. The Bertz CT molecular complexity index is 186. The summed E-state index contributed by atoms with van der Waals surface area (Å²) in [4.78, 5) is 2.35. The van der Waals surface area contributed by atoms with E-state index >= 15 is 0 Å². The largest absolute Gasteiger partial charge is 0.328 e. The van der Waals surface area contributed by atoms with E-state index in [0.717, 1.165) is 17.9 Å². The normalized spacial score (nSPS) is 31.1. The Kier molecular flexibility index (Phi) is 16.4. The van der Waals surface area contributed by atoms with E-state index in [9.17, 15) is 0 Å². The van der Waals surface area contributed by atoms with Gasteiger partial charge < -0.3 is 10.6 Å². The second kappa shape index (κ2) is 14.8. The van der Waals surface area contributed by atoms with Crippen molar-refractivity contribution in [2.75, 3.05) is 14.1 Å². The maximum absolute atomic E-state index is 5.70. The molecule has 2 nitrogen and oxygen atoms in total. The molecule has 0 heterocycles. The van der Waals surface area contributed by atoms with Crippen molar-refractivity contribution in [1.29, 1.82) is 0 Å². The number of rotatable bonds is 1. The van der Waals surface area contributed by atoms with Crippen molar-refractivity contribution in [2.24, 2.45) is 17.6 Å². The van der Waals surface area contributed by atoms with E-state index in [-0.39, 0.29) is 0 Å². The molecule has 0 aromatic heterocycles. The molecule has 2 unspecified atom stereocenters. The topological polar surface area (TPSA) is 29.3 Å². The summed E-state index contributed by atoms with van der Waals surface area (Å²) in [6.07, 6.45) is 9.45. The average Bonchev–Trinajstić information content (AvgIpc) is 2.94. The predicted octanol–water partition coefficient (Wildman–Crippen LogP) is 5.31. The molecule has 0 aromatic rings. The van der Waals surface area contributed by atoms with Crippen LogP contribution in [0.1, 0.15) is 86.5 Å². The minimum Gasteiger partial charge on any atom is -0.328 e. The third-order valence-electron chi connectivity index (χ3n) is 4.46. The van der Waals surface area contributed by atoms with Crippen molar-refractivity contribution in [3.63, 3.8) is 0 Å². The van der Waals surface area contributed by atoms with Gasteiger partial charge in [0.2, 0.25) is 0 Å². The Labute approximate surface area is 135 Å². The van der Waals surface area contributed by atoms with Crippen LogP contribution in [0.4, 0.5) is 0 Å². The van der Waals surface area contributed by atoms with E-state index < -0.39 is 0 Å². The quantitative estimate of drug-likeness (QED) is 0.710. The van der Waals surface area contributed by atoms with Crippen LogP contribution in [0, 0.1) is 11.8 Å². The highest BCUT2D eigenvalue weighted by molar-refractivity contribution is 4.77. The first-order chi connectivity index (χ1) is 9.99. The molecule has 0 spiro atoms. The minimum atomic E-state index is 0.520. The van der Waals surface area contributed by atoms with Crippen molar-refractivity contribution in [3.05, 3.63) is 0 Å². The monoisotopic (exact) mass is 300 g/mol. The zero-order chi connectivity index (χ0) is 16.8. The van der Waals surface area contributed by atoms with Gasteiger partial charge in [-0.25, -0.2) is 0 Å². The van der Waals surface area contributed by atoms with Crippen LogP contribution >= 0.6 is 0 Å². The summed E-state index contributed by atoms with van der Waals surface area (Å²) >= 11 is 0. The van der Waals surface area contributed by atoms with Crippen LogP contribution in [0.15, 0.2) is 0 Å². The molecule has 0 radical (unpaired) electrons. The molecule has 130 valence electrons. The third-order valence-corrected chi connectivity index (χ3v) is 4.46. The van der Waals surface area contributed by atoms with Gasteiger partial charge in [0, 0.05) is 12.1 Å². The lowest BCUT2D eigenvalue weighted by molar-refractivity contribution is 0.293. The maximum atomic E-state index is 5.70. The number of hydrogen-bond acceptors (Lipinski definition) is 2. The summed E-state index contributed by atoms with van der Waals surface area (Å²) < 4.78 is 0. The van der Waals surface area contributed by atoms with Gasteiger partial charge in [-0.1, -0.05) is 41.5 Å². The summed E-state index contributed by atoms with van der Waals surface area (Å²) in [5.41, 5.74) is 5.70. The SMILES string of the molecule is CC.CC.CC1CCC(N(C)C)C1.CC1CCC(N)CC1. The third kappa shape index (κ3) is 12.2. The lowest BCUT2D eigenvalue weighted by Gasteiger charge is -2.22. The van der Waals surface area contributed by atoms with Gasteiger partial charge in [-0.2, -0.15) is 0 Å².